The summed E-state index contributed by atoms with van der Waals surface area (Å²) in [5, 5.41) is 3.14. The zero-order valence-electron chi connectivity index (χ0n) is 9.45. The summed E-state index contributed by atoms with van der Waals surface area (Å²) in [5.41, 5.74) is 0.399. The summed E-state index contributed by atoms with van der Waals surface area (Å²) in [6.07, 6.45) is 1.78. The van der Waals surface area contributed by atoms with Gasteiger partial charge >= 0.3 is 4.87 Å². The second-order valence-electron chi connectivity index (χ2n) is 4.09. The van der Waals surface area contributed by atoms with E-state index < -0.39 is 10.0 Å². The van der Waals surface area contributed by atoms with Crippen molar-refractivity contribution < 1.29 is 8.42 Å². The molecule has 96 valence electrons. The molecule has 0 aliphatic carbocycles. The molecular formula is C9H15N3O3S2. The first-order chi connectivity index (χ1) is 7.99. The number of aromatic amines is 1. The van der Waals surface area contributed by atoms with Gasteiger partial charge in [0.05, 0.1) is 0 Å². The maximum Gasteiger partial charge on any atom is 0.305 e. The second-order valence-corrected chi connectivity index (χ2v) is 6.98. The minimum Gasteiger partial charge on any atom is -0.315 e. The van der Waals surface area contributed by atoms with Gasteiger partial charge in [0.25, 0.3) is 10.0 Å². The number of thiazole rings is 1. The van der Waals surface area contributed by atoms with Crippen molar-refractivity contribution in [2.24, 2.45) is 0 Å². The van der Waals surface area contributed by atoms with Crippen LogP contribution in [-0.4, -0.2) is 32.5 Å². The van der Waals surface area contributed by atoms with Crippen molar-refractivity contribution in [2.45, 2.75) is 30.0 Å². The van der Waals surface area contributed by atoms with E-state index in [4.69, 9.17) is 0 Å². The number of sulfonamides is 1. The lowest BCUT2D eigenvalue weighted by Crippen LogP contribution is -2.45. The Morgan fingerprint density at radius 2 is 2.24 bits per heavy atom. The molecule has 1 saturated heterocycles. The average molecular weight is 277 g/mol. The summed E-state index contributed by atoms with van der Waals surface area (Å²) >= 11 is 0.728. The number of hydrogen-bond acceptors (Lipinski definition) is 5. The highest BCUT2D eigenvalue weighted by Crippen LogP contribution is 2.17. The first-order valence-corrected chi connectivity index (χ1v) is 7.72. The third-order valence-electron chi connectivity index (χ3n) is 2.64. The van der Waals surface area contributed by atoms with Crippen molar-refractivity contribution in [3.05, 3.63) is 15.4 Å². The first kappa shape index (κ1) is 12.7. The summed E-state index contributed by atoms with van der Waals surface area (Å²) in [6, 6.07) is -0.0923. The Labute approximate surface area is 103 Å². The number of H-pyrrole nitrogens is 1. The molecule has 1 aromatic rings. The van der Waals surface area contributed by atoms with Gasteiger partial charge in [0.1, 0.15) is 0 Å². The molecule has 3 N–H and O–H groups in total. The number of rotatable bonds is 3. The highest BCUT2D eigenvalue weighted by atomic mass is 32.2. The van der Waals surface area contributed by atoms with Gasteiger partial charge < -0.3 is 10.3 Å². The summed E-state index contributed by atoms with van der Waals surface area (Å²) in [5.74, 6) is 0. The highest BCUT2D eigenvalue weighted by Gasteiger charge is 2.25. The summed E-state index contributed by atoms with van der Waals surface area (Å²) in [6.45, 7) is 3.15. The minimum atomic E-state index is -3.57. The fourth-order valence-electron chi connectivity index (χ4n) is 1.87. The molecule has 17 heavy (non-hydrogen) atoms. The molecule has 1 aliphatic heterocycles. The standard InChI is InChI=1S/C9H15N3O3S2/c1-6-8(16-9(13)11-6)17(14,15)12-7-3-2-4-10-5-7/h7,10,12H,2-5H2,1H3,(H,11,13). The Hall–Kier alpha value is -0.700. The van der Waals surface area contributed by atoms with Crippen LogP contribution in [0.3, 0.4) is 0 Å². The largest absolute Gasteiger partial charge is 0.315 e. The number of piperidine rings is 1. The maximum absolute atomic E-state index is 12.0. The van der Waals surface area contributed by atoms with Crippen LogP contribution in [0, 0.1) is 6.92 Å². The van der Waals surface area contributed by atoms with Gasteiger partial charge in [-0.3, -0.25) is 4.79 Å². The van der Waals surface area contributed by atoms with Gasteiger partial charge in [0.2, 0.25) is 0 Å². The quantitative estimate of drug-likeness (QED) is 0.712. The van der Waals surface area contributed by atoms with Crippen LogP contribution in [0.25, 0.3) is 0 Å². The molecule has 0 bridgehead atoms. The summed E-state index contributed by atoms with van der Waals surface area (Å²) < 4.78 is 26.8. The van der Waals surface area contributed by atoms with E-state index in [1.807, 2.05) is 0 Å². The highest BCUT2D eigenvalue weighted by molar-refractivity contribution is 7.91. The third-order valence-corrected chi connectivity index (χ3v) is 5.77. The number of hydrogen-bond donors (Lipinski definition) is 3. The van der Waals surface area contributed by atoms with Crippen molar-refractivity contribution in [3.63, 3.8) is 0 Å². The van der Waals surface area contributed by atoms with Crippen LogP contribution in [0.4, 0.5) is 0 Å². The van der Waals surface area contributed by atoms with Crippen molar-refractivity contribution in [2.75, 3.05) is 13.1 Å². The molecule has 8 heteroatoms. The predicted molar refractivity (Wildman–Crippen MR) is 65.9 cm³/mol. The van der Waals surface area contributed by atoms with Crippen LogP contribution in [0.1, 0.15) is 18.5 Å². The van der Waals surface area contributed by atoms with Gasteiger partial charge in [-0.05, 0) is 26.3 Å². The van der Waals surface area contributed by atoms with Gasteiger partial charge in [0, 0.05) is 18.3 Å². The normalized spacial score (nSPS) is 21.6. The van der Waals surface area contributed by atoms with Crippen LogP contribution < -0.4 is 14.9 Å². The third kappa shape index (κ3) is 2.95. The Morgan fingerprint density at radius 3 is 2.76 bits per heavy atom. The van der Waals surface area contributed by atoms with Crippen molar-refractivity contribution in [1.82, 2.24) is 15.0 Å². The van der Waals surface area contributed by atoms with Gasteiger partial charge in [-0.25, -0.2) is 13.1 Å². The molecule has 1 atom stereocenters. The van der Waals surface area contributed by atoms with Crippen molar-refractivity contribution >= 4 is 21.4 Å². The molecule has 1 aromatic heterocycles. The second kappa shape index (κ2) is 4.89. The van der Waals surface area contributed by atoms with E-state index in [2.05, 4.69) is 15.0 Å². The lowest BCUT2D eigenvalue weighted by Gasteiger charge is -2.23. The summed E-state index contributed by atoms with van der Waals surface area (Å²) in [4.78, 5) is 13.2. The molecule has 2 rings (SSSR count). The van der Waals surface area contributed by atoms with E-state index in [1.54, 1.807) is 6.92 Å². The van der Waals surface area contributed by atoms with E-state index in [9.17, 15) is 13.2 Å². The van der Waals surface area contributed by atoms with Crippen molar-refractivity contribution in [1.29, 1.82) is 0 Å². The maximum atomic E-state index is 12.0. The fraction of sp³-hybridized carbons (Fsp3) is 0.667. The number of aromatic nitrogens is 1. The molecule has 1 unspecified atom stereocenters. The molecule has 0 amide bonds. The Bertz CT molecular complexity index is 540. The molecule has 1 fully saturated rings. The van der Waals surface area contributed by atoms with Gasteiger partial charge in [0.15, 0.2) is 4.21 Å². The van der Waals surface area contributed by atoms with E-state index >= 15 is 0 Å². The first-order valence-electron chi connectivity index (χ1n) is 5.42. The molecule has 0 radical (unpaired) electrons. The van der Waals surface area contributed by atoms with Gasteiger partial charge in [-0.2, -0.15) is 0 Å². The van der Waals surface area contributed by atoms with E-state index in [1.165, 1.54) is 0 Å². The average Bonchev–Trinajstić information content (AvgIpc) is 2.59. The Kier molecular flexibility index (Phi) is 3.67. The molecule has 1 aliphatic rings. The topological polar surface area (TPSA) is 91.1 Å². The predicted octanol–water partition coefficient (Wildman–Crippen LogP) is -0.225. The number of aryl methyl sites for hydroxylation is 1. The van der Waals surface area contributed by atoms with Crippen LogP contribution in [0.15, 0.2) is 9.00 Å². The number of nitrogens with one attached hydrogen (secondary N) is 3. The Morgan fingerprint density at radius 1 is 1.47 bits per heavy atom. The molecule has 0 saturated carbocycles. The summed E-state index contributed by atoms with van der Waals surface area (Å²) in [7, 11) is -3.57. The smallest absolute Gasteiger partial charge is 0.305 e. The lowest BCUT2D eigenvalue weighted by molar-refractivity contribution is 0.429. The van der Waals surface area contributed by atoms with E-state index in [0.29, 0.717) is 12.2 Å². The van der Waals surface area contributed by atoms with Gasteiger partial charge in [-0.15, -0.1) is 0 Å². The fourth-order valence-corrected chi connectivity index (χ4v) is 4.46. The molecule has 2 heterocycles. The van der Waals surface area contributed by atoms with Gasteiger partial charge in [-0.1, -0.05) is 11.3 Å². The van der Waals surface area contributed by atoms with Crippen LogP contribution in [-0.2, 0) is 10.0 Å². The van der Waals surface area contributed by atoms with Crippen LogP contribution in [0.5, 0.6) is 0 Å². The Balaban J connectivity index is 2.18. The minimum absolute atomic E-state index is 0.0908. The lowest BCUT2D eigenvalue weighted by atomic mass is 10.1. The monoisotopic (exact) mass is 277 g/mol. The van der Waals surface area contributed by atoms with E-state index in [-0.39, 0.29) is 15.1 Å². The molecule has 0 spiro atoms. The molecular weight excluding hydrogens is 262 g/mol. The van der Waals surface area contributed by atoms with Crippen LogP contribution in [0.2, 0.25) is 0 Å². The SMILES string of the molecule is Cc1[nH]c(=O)sc1S(=O)(=O)NC1CCCNC1. The van der Waals surface area contributed by atoms with Crippen molar-refractivity contribution in [3.8, 4) is 0 Å². The zero-order valence-corrected chi connectivity index (χ0v) is 11.1. The molecule has 0 aromatic carbocycles. The zero-order chi connectivity index (χ0) is 12.5. The van der Waals surface area contributed by atoms with E-state index in [0.717, 1.165) is 30.7 Å². The van der Waals surface area contributed by atoms with Crippen LogP contribution >= 0.6 is 11.3 Å². The molecule has 6 nitrogen and oxygen atoms in total.